The van der Waals surface area contributed by atoms with Crippen LogP contribution < -0.4 is 5.56 Å². The highest BCUT2D eigenvalue weighted by Crippen LogP contribution is 2.29. The van der Waals surface area contributed by atoms with Crippen molar-refractivity contribution >= 4 is 33.3 Å². The number of nitrogens with zero attached hydrogens (tertiary/aromatic N) is 3. The molecule has 0 amide bonds. The molecule has 0 bridgehead atoms. The fourth-order valence-corrected chi connectivity index (χ4v) is 5.57. The molecule has 26 heavy (non-hydrogen) atoms. The lowest BCUT2D eigenvalue weighted by Gasteiger charge is -2.33. The molecule has 1 aliphatic heterocycles. The molecule has 5 nitrogen and oxygen atoms in total. The topological polar surface area (TPSA) is 47.4 Å². The molecule has 2 aromatic heterocycles. The molecule has 1 atom stereocenters. The van der Waals surface area contributed by atoms with Crippen LogP contribution in [0.3, 0.4) is 0 Å². The number of thiophene rings is 1. The zero-order valence-electron chi connectivity index (χ0n) is 16.4. The molecule has 144 valence electrons. The molecule has 1 aliphatic rings. The molecule has 0 aromatic carbocycles. The fraction of sp³-hybridized carbons (Fsp3) is 0.684. The summed E-state index contributed by atoms with van der Waals surface area (Å²) >= 11 is 3.27. The van der Waals surface area contributed by atoms with Crippen LogP contribution in [-0.4, -0.2) is 52.5 Å². The number of aromatic nitrogens is 2. The Morgan fingerprint density at radius 3 is 2.85 bits per heavy atom. The van der Waals surface area contributed by atoms with Gasteiger partial charge in [-0.1, -0.05) is 25.6 Å². The molecule has 7 heteroatoms. The van der Waals surface area contributed by atoms with E-state index in [1.54, 1.807) is 27.7 Å². The molecule has 0 saturated carbocycles. The largest absolute Gasteiger partial charge is 0.375 e. The van der Waals surface area contributed by atoms with E-state index in [1.807, 2.05) is 13.8 Å². The van der Waals surface area contributed by atoms with Gasteiger partial charge in [-0.15, -0.1) is 11.3 Å². The lowest BCUT2D eigenvalue weighted by atomic mass is 10.2. The van der Waals surface area contributed by atoms with E-state index in [4.69, 9.17) is 9.72 Å². The Labute approximate surface area is 163 Å². The summed E-state index contributed by atoms with van der Waals surface area (Å²) in [6.45, 7) is 15.1. The minimum atomic E-state index is 0.0906. The third-order valence-corrected chi connectivity index (χ3v) is 7.02. The molecule has 3 rings (SSSR count). The number of hydrogen-bond acceptors (Lipinski definition) is 6. The van der Waals surface area contributed by atoms with Crippen LogP contribution in [0.1, 0.15) is 31.2 Å². The van der Waals surface area contributed by atoms with Gasteiger partial charge in [-0.05, 0) is 32.3 Å². The number of fused-ring (bicyclic) bond motifs is 1. The van der Waals surface area contributed by atoms with E-state index in [1.165, 1.54) is 4.88 Å². The van der Waals surface area contributed by atoms with Crippen LogP contribution in [0, 0.1) is 19.8 Å². The van der Waals surface area contributed by atoms with Crippen LogP contribution >= 0.6 is 23.1 Å². The SMILES string of the molecule is CCn1c(SCC2CN(CC(C)C)CCO2)nc2sc(C)c(C)c2c1=O. The van der Waals surface area contributed by atoms with Crippen LogP contribution in [0.4, 0.5) is 0 Å². The monoisotopic (exact) mass is 395 g/mol. The normalized spacial score (nSPS) is 18.9. The third kappa shape index (κ3) is 4.16. The summed E-state index contributed by atoms with van der Waals surface area (Å²) < 4.78 is 7.76. The van der Waals surface area contributed by atoms with Gasteiger partial charge in [-0.25, -0.2) is 4.98 Å². The first kappa shape index (κ1) is 19.9. The standard InChI is InChI=1S/C19H29N3O2S2/c1-6-22-18(23)16-13(4)14(5)26-17(16)20-19(22)25-11-15-10-21(7-8-24-15)9-12(2)3/h12,15H,6-11H2,1-5H3. The van der Waals surface area contributed by atoms with Crippen LogP contribution in [0.15, 0.2) is 9.95 Å². The van der Waals surface area contributed by atoms with E-state index in [-0.39, 0.29) is 11.7 Å². The Morgan fingerprint density at radius 2 is 2.15 bits per heavy atom. The summed E-state index contributed by atoms with van der Waals surface area (Å²) in [5.74, 6) is 1.50. The first-order chi connectivity index (χ1) is 12.4. The van der Waals surface area contributed by atoms with Gasteiger partial charge in [0.25, 0.3) is 5.56 Å². The highest BCUT2D eigenvalue weighted by molar-refractivity contribution is 7.99. The molecular formula is C19H29N3O2S2. The maximum atomic E-state index is 12.9. The number of rotatable bonds is 6. The smallest absolute Gasteiger partial charge is 0.263 e. The van der Waals surface area contributed by atoms with Gasteiger partial charge in [-0.2, -0.15) is 0 Å². The first-order valence-electron chi connectivity index (χ1n) is 9.38. The predicted octanol–water partition coefficient (Wildman–Crippen LogP) is 3.54. The van der Waals surface area contributed by atoms with Gasteiger partial charge in [0.15, 0.2) is 5.16 Å². The van der Waals surface area contributed by atoms with E-state index in [0.29, 0.717) is 12.5 Å². The van der Waals surface area contributed by atoms with Crippen molar-refractivity contribution in [3.05, 3.63) is 20.8 Å². The Balaban J connectivity index is 1.77. The van der Waals surface area contributed by atoms with Gasteiger partial charge in [0.05, 0.1) is 18.1 Å². The molecule has 0 spiro atoms. The molecule has 2 aromatic rings. The van der Waals surface area contributed by atoms with Crippen LogP contribution in [-0.2, 0) is 11.3 Å². The molecule has 0 aliphatic carbocycles. The Hall–Kier alpha value is -0.890. The van der Waals surface area contributed by atoms with E-state index in [0.717, 1.165) is 52.9 Å². The average Bonchev–Trinajstić information content (AvgIpc) is 2.87. The van der Waals surface area contributed by atoms with Gasteiger partial charge < -0.3 is 4.74 Å². The Bertz CT molecular complexity index is 828. The van der Waals surface area contributed by atoms with Crippen molar-refractivity contribution in [1.29, 1.82) is 0 Å². The van der Waals surface area contributed by atoms with Crippen LogP contribution in [0.25, 0.3) is 10.2 Å². The number of hydrogen-bond donors (Lipinski definition) is 0. The molecular weight excluding hydrogens is 366 g/mol. The second kappa shape index (κ2) is 8.42. The summed E-state index contributed by atoms with van der Waals surface area (Å²) in [4.78, 5) is 22.3. The van der Waals surface area contributed by atoms with E-state index in [9.17, 15) is 4.79 Å². The minimum Gasteiger partial charge on any atom is -0.375 e. The Morgan fingerprint density at radius 1 is 1.38 bits per heavy atom. The highest BCUT2D eigenvalue weighted by Gasteiger charge is 2.23. The number of thioether (sulfide) groups is 1. The molecule has 1 unspecified atom stereocenters. The van der Waals surface area contributed by atoms with Crippen LogP contribution in [0.5, 0.6) is 0 Å². The van der Waals surface area contributed by atoms with Crippen molar-refractivity contribution in [2.45, 2.75) is 52.4 Å². The zero-order chi connectivity index (χ0) is 18.8. The second-order valence-electron chi connectivity index (χ2n) is 7.36. The number of ether oxygens (including phenoxy) is 1. The van der Waals surface area contributed by atoms with Crippen molar-refractivity contribution in [3.63, 3.8) is 0 Å². The summed E-state index contributed by atoms with van der Waals surface area (Å²) in [6, 6.07) is 0. The summed E-state index contributed by atoms with van der Waals surface area (Å²) in [7, 11) is 0. The van der Waals surface area contributed by atoms with Crippen molar-refractivity contribution in [2.75, 3.05) is 32.0 Å². The lowest BCUT2D eigenvalue weighted by molar-refractivity contribution is -0.0191. The summed E-state index contributed by atoms with van der Waals surface area (Å²) in [5, 5.41) is 1.60. The Kier molecular flexibility index (Phi) is 6.43. The van der Waals surface area contributed by atoms with Crippen molar-refractivity contribution in [2.24, 2.45) is 5.92 Å². The maximum Gasteiger partial charge on any atom is 0.263 e. The van der Waals surface area contributed by atoms with Gasteiger partial charge in [0.1, 0.15) is 4.83 Å². The van der Waals surface area contributed by atoms with E-state index < -0.39 is 0 Å². The van der Waals surface area contributed by atoms with Gasteiger partial charge in [0.2, 0.25) is 0 Å². The van der Waals surface area contributed by atoms with Crippen molar-refractivity contribution in [1.82, 2.24) is 14.5 Å². The van der Waals surface area contributed by atoms with E-state index in [2.05, 4.69) is 25.7 Å². The zero-order valence-corrected chi connectivity index (χ0v) is 18.0. The third-order valence-electron chi connectivity index (χ3n) is 4.81. The van der Waals surface area contributed by atoms with Gasteiger partial charge >= 0.3 is 0 Å². The van der Waals surface area contributed by atoms with Crippen molar-refractivity contribution in [3.8, 4) is 0 Å². The average molecular weight is 396 g/mol. The molecule has 3 heterocycles. The molecule has 1 fully saturated rings. The fourth-order valence-electron chi connectivity index (χ4n) is 3.43. The minimum absolute atomic E-state index is 0.0906. The molecule has 1 saturated heterocycles. The highest BCUT2D eigenvalue weighted by atomic mass is 32.2. The summed E-state index contributed by atoms with van der Waals surface area (Å²) in [6.07, 6.45) is 0.192. The quantitative estimate of drug-likeness (QED) is 0.553. The first-order valence-corrected chi connectivity index (χ1v) is 11.2. The van der Waals surface area contributed by atoms with Crippen LogP contribution in [0.2, 0.25) is 0 Å². The second-order valence-corrected chi connectivity index (χ2v) is 9.55. The van der Waals surface area contributed by atoms with Gasteiger partial charge in [-0.3, -0.25) is 14.3 Å². The van der Waals surface area contributed by atoms with Crippen molar-refractivity contribution < 1.29 is 4.74 Å². The van der Waals surface area contributed by atoms with Gasteiger partial charge in [0, 0.05) is 36.8 Å². The molecule has 0 N–H and O–H groups in total. The lowest BCUT2D eigenvalue weighted by Crippen LogP contribution is -2.44. The maximum absolute atomic E-state index is 12.9. The molecule has 0 radical (unpaired) electrons. The van der Waals surface area contributed by atoms with E-state index >= 15 is 0 Å². The number of morpholine rings is 1. The summed E-state index contributed by atoms with van der Waals surface area (Å²) in [5.41, 5.74) is 1.16. The number of aryl methyl sites for hydroxylation is 2. The predicted molar refractivity (Wildman–Crippen MR) is 111 cm³/mol.